The summed E-state index contributed by atoms with van der Waals surface area (Å²) >= 11 is 0. The molecule has 0 aliphatic rings. The van der Waals surface area contributed by atoms with Crippen LogP contribution in [0, 0.1) is 5.41 Å². The minimum Gasteiger partial charge on any atom is -0.381 e. The van der Waals surface area contributed by atoms with Gasteiger partial charge in [0.15, 0.2) is 0 Å². The molecule has 2 heteroatoms. The van der Waals surface area contributed by atoms with Crippen LogP contribution in [0.2, 0.25) is 0 Å². The van der Waals surface area contributed by atoms with Crippen molar-refractivity contribution in [1.29, 1.82) is 0 Å². The van der Waals surface area contributed by atoms with Crippen LogP contribution in [0.5, 0.6) is 0 Å². The highest BCUT2D eigenvalue weighted by atomic mass is 32.1. The summed E-state index contributed by atoms with van der Waals surface area (Å²) in [6, 6.07) is 0. The molecule has 0 aliphatic carbocycles. The summed E-state index contributed by atoms with van der Waals surface area (Å²) in [5.74, 6) is 0. The van der Waals surface area contributed by atoms with E-state index in [1.807, 2.05) is 0 Å². The summed E-state index contributed by atoms with van der Waals surface area (Å²) in [6.45, 7) is 8.59. The zero-order chi connectivity index (χ0) is 6.78. The number of ether oxygens (including phenoxy) is 1. The third-order valence-electron chi connectivity index (χ3n) is 1.57. The molecule has 0 fully saturated rings. The lowest BCUT2D eigenvalue weighted by Crippen LogP contribution is -2.24. The third-order valence-corrected chi connectivity index (χ3v) is 1.57. The molecule has 0 aliphatic heterocycles. The van der Waals surface area contributed by atoms with Crippen LogP contribution in [0.3, 0.4) is 0 Å². The molecule has 0 radical (unpaired) electrons. The fraction of sp³-hybridized carbons (Fsp3) is 1.00. The molecular formula is C7H18OS. The van der Waals surface area contributed by atoms with Gasteiger partial charge in [0.2, 0.25) is 0 Å². The maximum Gasteiger partial charge on any atom is 0.0591 e. The summed E-state index contributed by atoms with van der Waals surface area (Å²) in [5, 5.41) is 0. The summed E-state index contributed by atoms with van der Waals surface area (Å²) < 4.78 is 5.11. The van der Waals surface area contributed by atoms with Crippen LogP contribution in [0.1, 0.15) is 27.7 Å². The van der Waals surface area contributed by atoms with Crippen LogP contribution in [-0.4, -0.2) is 13.2 Å². The molecule has 0 heterocycles. The average molecular weight is 150 g/mol. The first-order valence-electron chi connectivity index (χ1n) is 3.01. The maximum atomic E-state index is 5.11. The Morgan fingerprint density at radius 3 is 1.56 bits per heavy atom. The molecule has 58 valence electrons. The second-order valence-corrected chi connectivity index (χ2v) is 3.24. The van der Waals surface area contributed by atoms with E-state index in [1.54, 1.807) is 7.11 Å². The summed E-state index contributed by atoms with van der Waals surface area (Å²) in [7, 11) is 1.75. The van der Waals surface area contributed by atoms with E-state index in [2.05, 4.69) is 27.7 Å². The van der Waals surface area contributed by atoms with E-state index in [1.165, 1.54) is 0 Å². The second-order valence-electron chi connectivity index (χ2n) is 3.24. The molecule has 0 aromatic rings. The third kappa shape index (κ3) is 4.79. The molecule has 0 rings (SSSR count). The first kappa shape index (κ1) is 12.0. The topological polar surface area (TPSA) is 9.23 Å². The molecule has 0 saturated carbocycles. The van der Waals surface area contributed by atoms with Gasteiger partial charge in [-0.15, -0.1) is 0 Å². The van der Waals surface area contributed by atoms with Gasteiger partial charge in [-0.25, -0.2) is 0 Å². The minimum absolute atomic E-state index is 0. The minimum atomic E-state index is 0. The van der Waals surface area contributed by atoms with Gasteiger partial charge in [-0.1, -0.05) is 20.8 Å². The number of hydrogen-bond acceptors (Lipinski definition) is 1. The Balaban J connectivity index is 0. The lowest BCUT2D eigenvalue weighted by Gasteiger charge is -2.25. The Kier molecular flexibility index (Phi) is 5.58. The zero-order valence-electron chi connectivity index (χ0n) is 6.99. The van der Waals surface area contributed by atoms with Crippen LogP contribution in [0.4, 0.5) is 0 Å². The molecule has 1 atom stereocenters. The molecule has 0 spiro atoms. The standard InChI is InChI=1S/C7H16O.H2S/c1-6(8-5)7(2,3)4;/h6H,1-5H3;1H2/t6-;/m0./s1. The van der Waals surface area contributed by atoms with Crippen molar-refractivity contribution in [2.75, 3.05) is 7.11 Å². The van der Waals surface area contributed by atoms with E-state index >= 15 is 0 Å². The van der Waals surface area contributed by atoms with Gasteiger partial charge in [-0.3, -0.25) is 0 Å². The summed E-state index contributed by atoms with van der Waals surface area (Å²) in [5.41, 5.74) is 0.286. The molecule has 0 N–H and O–H groups in total. The van der Waals surface area contributed by atoms with Crippen molar-refractivity contribution in [3.63, 3.8) is 0 Å². The fourth-order valence-corrected chi connectivity index (χ4v) is 0.354. The molecule has 9 heavy (non-hydrogen) atoms. The molecule has 0 saturated heterocycles. The van der Waals surface area contributed by atoms with Crippen LogP contribution in [0.25, 0.3) is 0 Å². The van der Waals surface area contributed by atoms with Crippen LogP contribution in [0.15, 0.2) is 0 Å². The summed E-state index contributed by atoms with van der Waals surface area (Å²) in [4.78, 5) is 0. The van der Waals surface area contributed by atoms with E-state index in [9.17, 15) is 0 Å². The lowest BCUT2D eigenvalue weighted by molar-refractivity contribution is 0.0314. The van der Waals surface area contributed by atoms with Gasteiger partial charge in [0.05, 0.1) is 6.10 Å². The summed E-state index contributed by atoms with van der Waals surface area (Å²) in [6.07, 6.45) is 0.350. The first-order valence-corrected chi connectivity index (χ1v) is 3.01. The molecule has 0 aromatic heterocycles. The van der Waals surface area contributed by atoms with Gasteiger partial charge in [-0.2, -0.15) is 13.5 Å². The van der Waals surface area contributed by atoms with Gasteiger partial charge in [0.25, 0.3) is 0 Å². The van der Waals surface area contributed by atoms with Crippen LogP contribution < -0.4 is 0 Å². The van der Waals surface area contributed by atoms with E-state index in [0.717, 1.165) is 0 Å². The van der Waals surface area contributed by atoms with Crippen molar-refractivity contribution in [3.05, 3.63) is 0 Å². The molecule has 0 aromatic carbocycles. The van der Waals surface area contributed by atoms with E-state index < -0.39 is 0 Å². The fourth-order valence-electron chi connectivity index (χ4n) is 0.354. The van der Waals surface area contributed by atoms with Gasteiger partial charge in [0.1, 0.15) is 0 Å². The van der Waals surface area contributed by atoms with Crippen molar-refractivity contribution in [2.24, 2.45) is 5.41 Å². The van der Waals surface area contributed by atoms with Crippen molar-refractivity contribution in [3.8, 4) is 0 Å². The van der Waals surface area contributed by atoms with Gasteiger partial charge < -0.3 is 4.74 Å². The Labute approximate surface area is 65.2 Å². The van der Waals surface area contributed by atoms with Crippen LogP contribution in [-0.2, 0) is 4.74 Å². The monoisotopic (exact) mass is 150 g/mol. The normalized spacial score (nSPS) is 14.3. The SMILES string of the molecule is CO[C@@H](C)C(C)(C)C.S. The highest BCUT2D eigenvalue weighted by Gasteiger charge is 2.18. The van der Waals surface area contributed by atoms with Gasteiger partial charge in [-0.05, 0) is 12.3 Å². The van der Waals surface area contributed by atoms with Gasteiger partial charge >= 0.3 is 0 Å². The Morgan fingerprint density at radius 2 is 1.56 bits per heavy atom. The Morgan fingerprint density at radius 1 is 1.22 bits per heavy atom. The quantitative estimate of drug-likeness (QED) is 0.556. The van der Waals surface area contributed by atoms with Crippen molar-refractivity contribution in [1.82, 2.24) is 0 Å². The predicted octanol–water partition coefficient (Wildman–Crippen LogP) is 2.18. The van der Waals surface area contributed by atoms with Crippen LogP contribution >= 0.6 is 13.5 Å². The van der Waals surface area contributed by atoms with E-state index in [4.69, 9.17) is 4.74 Å². The maximum absolute atomic E-state index is 5.11. The number of hydrogen-bond donors (Lipinski definition) is 0. The molecule has 0 amide bonds. The number of methoxy groups -OCH3 is 1. The zero-order valence-corrected chi connectivity index (χ0v) is 7.99. The van der Waals surface area contributed by atoms with E-state index in [0.29, 0.717) is 6.10 Å². The van der Waals surface area contributed by atoms with E-state index in [-0.39, 0.29) is 18.9 Å². The first-order chi connectivity index (χ1) is 3.48. The smallest absolute Gasteiger partial charge is 0.0591 e. The highest BCUT2D eigenvalue weighted by Crippen LogP contribution is 2.20. The Hall–Kier alpha value is 0.310. The van der Waals surface area contributed by atoms with Crippen molar-refractivity contribution < 1.29 is 4.74 Å². The molecule has 1 nitrogen and oxygen atoms in total. The average Bonchev–Trinajstić information content (AvgIpc) is 1.62. The van der Waals surface area contributed by atoms with Crippen molar-refractivity contribution >= 4 is 13.5 Å². The predicted molar refractivity (Wildman–Crippen MR) is 46.3 cm³/mol. The van der Waals surface area contributed by atoms with Gasteiger partial charge in [0, 0.05) is 7.11 Å². The second kappa shape index (κ2) is 4.18. The highest BCUT2D eigenvalue weighted by molar-refractivity contribution is 7.59. The number of rotatable bonds is 1. The lowest BCUT2D eigenvalue weighted by atomic mass is 9.90. The molecule has 0 bridgehead atoms. The molecular weight excluding hydrogens is 132 g/mol. The largest absolute Gasteiger partial charge is 0.381 e. The Bertz CT molecular complexity index is 65.8. The molecule has 0 unspecified atom stereocenters. The van der Waals surface area contributed by atoms with Crippen molar-refractivity contribution in [2.45, 2.75) is 33.8 Å².